The van der Waals surface area contributed by atoms with Gasteiger partial charge < -0.3 is 10.1 Å². The standard InChI is InChI=1S/C19H19ClN2O/c1-3-10-21-12(2)18-16-11-14(20)6-9-17(16)22-19(18)13-4-7-15(23)8-5-13/h4-9,11,22-23H,3,10H2,1-2H3. The van der Waals surface area contributed by atoms with Crippen molar-refractivity contribution in [2.75, 3.05) is 6.54 Å². The number of hydrogen-bond donors (Lipinski definition) is 2. The number of rotatable bonds is 4. The van der Waals surface area contributed by atoms with E-state index in [1.165, 1.54) is 0 Å². The summed E-state index contributed by atoms with van der Waals surface area (Å²) < 4.78 is 0. The molecule has 0 fully saturated rings. The number of halogens is 1. The van der Waals surface area contributed by atoms with E-state index in [1.807, 2.05) is 37.3 Å². The SMILES string of the molecule is CCCN=C(C)c1c(-c2ccc(O)cc2)[nH]c2ccc(Cl)cc12. The summed E-state index contributed by atoms with van der Waals surface area (Å²) in [6, 6.07) is 13.0. The van der Waals surface area contributed by atoms with Gasteiger partial charge in [0, 0.05) is 33.7 Å². The lowest BCUT2D eigenvalue weighted by Gasteiger charge is -2.06. The summed E-state index contributed by atoms with van der Waals surface area (Å²) in [5.74, 6) is 0.255. The second kappa shape index (κ2) is 6.47. The molecule has 0 bridgehead atoms. The zero-order valence-corrected chi connectivity index (χ0v) is 14.0. The molecular formula is C19H19ClN2O. The van der Waals surface area contributed by atoms with Gasteiger partial charge in [0.2, 0.25) is 0 Å². The lowest BCUT2D eigenvalue weighted by molar-refractivity contribution is 0.475. The quantitative estimate of drug-likeness (QED) is 0.618. The Bertz CT molecular complexity index is 863. The maximum absolute atomic E-state index is 9.52. The molecule has 3 aromatic rings. The summed E-state index contributed by atoms with van der Waals surface area (Å²) in [5, 5.41) is 11.3. The maximum atomic E-state index is 9.52. The molecule has 3 rings (SSSR count). The molecule has 0 spiro atoms. The predicted octanol–water partition coefficient (Wildman–Crippen LogP) is 5.41. The van der Waals surface area contributed by atoms with E-state index in [-0.39, 0.29) is 5.75 Å². The van der Waals surface area contributed by atoms with Gasteiger partial charge in [0.15, 0.2) is 0 Å². The number of fused-ring (bicyclic) bond motifs is 1. The number of aromatic nitrogens is 1. The zero-order chi connectivity index (χ0) is 16.4. The van der Waals surface area contributed by atoms with E-state index in [0.29, 0.717) is 5.02 Å². The number of aromatic amines is 1. The maximum Gasteiger partial charge on any atom is 0.115 e. The molecule has 2 N–H and O–H groups in total. The first-order chi connectivity index (χ1) is 11.1. The minimum absolute atomic E-state index is 0.255. The van der Waals surface area contributed by atoms with Crippen LogP contribution in [0.3, 0.4) is 0 Å². The first kappa shape index (κ1) is 15.6. The molecule has 0 saturated heterocycles. The summed E-state index contributed by atoms with van der Waals surface area (Å²) in [6.45, 7) is 4.95. The molecule has 0 aliphatic rings. The van der Waals surface area contributed by atoms with Crippen molar-refractivity contribution in [1.82, 2.24) is 4.98 Å². The number of nitrogens with one attached hydrogen (secondary N) is 1. The van der Waals surface area contributed by atoms with Gasteiger partial charge in [-0.15, -0.1) is 0 Å². The van der Waals surface area contributed by atoms with Crippen molar-refractivity contribution in [1.29, 1.82) is 0 Å². The van der Waals surface area contributed by atoms with Crippen LogP contribution < -0.4 is 0 Å². The van der Waals surface area contributed by atoms with Gasteiger partial charge in [0.05, 0.1) is 5.69 Å². The average molecular weight is 327 g/mol. The lowest BCUT2D eigenvalue weighted by Crippen LogP contribution is -1.98. The van der Waals surface area contributed by atoms with Crippen molar-refractivity contribution in [3.63, 3.8) is 0 Å². The van der Waals surface area contributed by atoms with Crippen molar-refractivity contribution in [3.05, 3.63) is 53.1 Å². The van der Waals surface area contributed by atoms with Gasteiger partial charge in [-0.1, -0.05) is 18.5 Å². The highest BCUT2D eigenvalue weighted by atomic mass is 35.5. The van der Waals surface area contributed by atoms with E-state index < -0.39 is 0 Å². The lowest BCUT2D eigenvalue weighted by atomic mass is 10.0. The first-order valence-corrected chi connectivity index (χ1v) is 8.10. The molecule has 1 heterocycles. The van der Waals surface area contributed by atoms with Crippen LogP contribution in [0.5, 0.6) is 5.75 Å². The highest BCUT2D eigenvalue weighted by Crippen LogP contribution is 2.33. The molecule has 4 heteroatoms. The molecule has 2 aromatic carbocycles. The zero-order valence-electron chi connectivity index (χ0n) is 13.2. The molecule has 0 aliphatic carbocycles. The van der Waals surface area contributed by atoms with E-state index >= 15 is 0 Å². The van der Waals surface area contributed by atoms with E-state index in [0.717, 1.165) is 46.4 Å². The predicted molar refractivity (Wildman–Crippen MR) is 97.8 cm³/mol. The Kier molecular flexibility index (Phi) is 4.39. The van der Waals surface area contributed by atoms with Crippen LogP contribution >= 0.6 is 11.6 Å². The Balaban J connectivity index is 2.25. The van der Waals surface area contributed by atoms with Gasteiger partial charge in [-0.25, -0.2) is 0 Å². The number of hydrogen-bond acceptors (Lipinski definition) is 2. The fourth-order valence-electron chi connectivity index (χ4n) is 2.74. The van der Waals surface area contributed by atoms with Crippen LogP contribution in [0.1, 0.15) is 25.8 Å². The van der Waals surface area contributed by atoms with Gasteiger partial charge in [0.25, 0.3) is 0 Å². The summed E-state index contributed by atoms with van der Waals surface area (Å²) in [4.78, 5) is 8.14. The number of H-pyrrole nitrogens is 1. The fourth-order valence-corrected chi connectivity index (χ4v) is 2.92. The molecule has 0 amide bonds. The normalized spacial score (nSPS) is 12.0. The van der Waals surface area contributed by atoms with Crippen LogP contribution in [0.15, 0.2) is 47.5 Å². The van der Waals surface area contributed by atoms with Crippen LogP contribution in [0.4, 0.5) is 0 Å². The molecule has 0 aliphatic heterocycles. The second-order valence-corrected chi connectivity index (χ2v) is 6.02. The van der Waals surface area contributed by atoms with Gasteiger partial charge in [-0.3, -0.25) is 4.99 Å². The minimum atomic E-state index is 0.255. The van der Waals surface area contributed by atoms with Gasteiger partial charge in [-0.2, -0.15) is 0 Å². The number of phenolic OH excluding ortho intramolecular Hbond substituents is 1. The Hall–Kier alpha value is -2.26. The van der Waals surface area contributed by atoms with Crippen molar-refractivity contribution >= 4 is 28.2 Å². The number of phenols is 1. The third kappa shape index (κ3) is 3.10. The Morgan fingerprint density at radius 2 is 1.91 bits per heavy atom. The first-order valence-electron chi connectivity index (χ1n) is 7.72. The highest BCUT2D eigenvalue weighted by Gasteiger charge is 2.16. The third-order valence-corrected chi connectivity index (χ3v) is 4.09. The molecule has 0 unspecified atom stereocenters. The monoisotopic (exact) mass is 326 g/mol. The number of aliphatic imine (C=N–C) groups is 1. The molecule has 23 heavy (non-hydrogen) atoms. The van der Waals surface area contributed by atoms with Crippen molar-refractivity contribution in [2.24, 2.45) is 4.99 Å². The van der Waals surface area contributed by atoms with Crippen molar-refractivity contribution in [3.8, 4) is 17.0 Å². The van der Waals surface area contributed by atoms with E-state index in [2.05, 4.69) is 16.9 Å². The Labute approximate surface area is 140 Å². The average Bonchev–Trinajstić information content (AvgIpc) is 2.91. The molecule has 0 atom stereocenters. The van der Waals surface area contributed by atoms with Crippen molar-refractivity contribution < 1.29 is 5.11 Å². The van der Waals surface area contributed by atoms with Gasteiger partial charge in [-0.05, 0) is 61.4 Å². The Morgan fingerprint density at radius 3 is 2.61 bits per heavy atom. The molecular weight excluding hydrogens is 308 g/mol. The Morgan fingerprint density at radius 1 is 1.17 bits per heavy atom. The highest BCUT2D eigenvalue weighted by molar-refractivity contribution is 6.31. The number of aromatic hydroxyl groups is 1. The van der Waals surface area contributed by atoms with Crippen molar-refractivity contribution in [2.45, 2.75) is 20.3 Å². The van der Waals surface area contributed by atoms with Crippen LogP contribution in [0, 0.1) is 0 Å². The minimum Gasteiger partial charge on any atom is -0.508 e. The van der Waals surface area contributed by atoms with Crippen LogP contribution in [-0.4, -0.2) is 22.3 Å². The van der Waals surface area contributed by atoms with Gasteiger partial charge >= 0.3 is 0 Å². The van der Waals surface area contributed by atoms with Gasteiger partial charge in [0.1, 0.15) is 5.75 Å². The largest absolute Gasteiger partial charge is 0.508 e. The van der Waals surface area contributed by atoms with E-state index in [9.17, 15) is 5.11 Å². The second-order valence-electron chi connectivity index (χ2n) is 5.58. The molecule has 0 radical (unpaired) electrons. The summed E-state index contributed by atoms with van der Waals surface area (Å²) >= 11 is 6.19. The number of benzene rings is 2. The van der Waals surface area contributed by atoms with Crippen LogP contribution in [0.25, 0.3) is 22.2 Å². The third-order valence-electron chi connectivity index (χ3n) is 3.85. The summed E-state index contributed by atoms with van der Waals surface area (Å²) in [5.41, 5.74) is 5.10. The molecule has 3 nitrogen and oxygen atoms in total. The smallest absolute Gasteiger partial charge is 0.115 e. The molecule has 1 aromatic heterocycles. The molecule has 0 saturated carbocycles. The summed E-state index contributed by atoms with van der Waals surface area (Å²) in [6.07, 6.45) is 1.01. The molecule has 118 valence electrons. The fraction of sp³-hybridized carbons (Fsp3) is 0.211. The van der Waals surface area contributed by atoms with E-state index in [4.69, 9.17) is 11.6 Å². The summed E-state index contributed by atoms with van der Waals surface area (Å²) in [7, 11) is 0. The number of nitrogens with zero attached hydrogens (tertiary/aromatic N) is 1. The topological polar surface area (TPSA) is 48.4 Å². The van der Waals surface area contributed by atoms with Crippen LogP contribution in [-0.2, 0) is 0 Å². The van der Waals surface area contributed by atoms with E-state index in [1.54, 1.807) is 12.1 Å². The van der Waals surface area contributed by atoms with Crippen LogP contribution in [0.2, 0.25) is 5.02 Å².